The second-order valence-corrected chi connectivity index (χ2v) is 13.3. The number of imide groups is 1. The van der Waals surface area contributed by atoms with Gasteiger partial charge in [-0.15, -0.1) is 0 Å². The summed E-state index contributed by atoms with van der Waals surface area (Å²) in [6.45, 7) is 1.49. The summed E-state index contributed by atoms with van der Waals surface area (Å²) in [5.74, 6) is -4.19. The molecule has 0 radical (unpaired) electrons. The molecule has 252 valence electrons. The summed E-state index contributed by atoms with van der Waals surface area (Å²) in [6, 6.07) is 37.7. The summed E-state index contributed by atoms with van der Waals surface area (Å²) in [5, 5.41) is 13.0. The fourth-order valence-corrected chi connectivity index (χ4v) is 8.10. The van der Waals surface area contributed by atoms with Gasteiger partial charge in [0.2, 0.25) is 11.8 Å². The second kappa shape index (κ2) is 13.0. The Bertz CT molecular complexity index is 2090. The number of hydrogen-bond donors (Lipinski definition) is 1. The van der Waals surface area contributed by atoms with Crippen LogP contribution in [0.4, 0.5) is 0 Å². The highest BCUT2D eigenvalue weighted by molar-refractivity contribution is 6.08. The predicted octanol–water partition coefficient (Wildman–Crippen LogP) is 6.05. The van der Waals surface area contributed by atoms with Gasteiger partial charge in [0.1, 0.15) is 0 Å². The molecule has 3 aromatic carbocycles. The van der Waals surface area contributed by atoms with Crippen LogP contribution >= 0.6 is 0 Å². The number of pyridine rings is 2. The number of carbonyl (C=O) groups is 3. The number of ether oxygens (including phenoxy) is 1. The van der Waals surface area contributed by atoms with Gasteiger partial charge in [-0.25, -0.2) is 4.90 Å². The van der Waals surface area contributed by atoms with Gasteiger partial charge in [0, 0.05) is 29.8 Å². The molecule has 5 aromatic rings. The van der Waals surface area contributed by atoms with Crippen molar-refractivity contribution in [3.63, 3.8) is 0 Å². The van der Waals surface area contributed by atoms with Crippen LogP contribution in [0.25, 0.3) is 5.57 Å². The van der Waals surface area contributed by atoms with Gasteiger partial charge in [0.15, 0.2) is 12.3 Å². The number of likely N-dealkylation sites (tertiary alicyclic amines) is 1. The molecule has 8 nitrogen and oxygen atoms in total. The highest BCUT2D eigenvalue weighted by Crippen LogP contribution is 2.64. The van der Waals surface area contributed by atoms with E-state index in [2.05, 4.69) is 4.98 Å². The maximum absolute atomic E-state index is 14.5. The Kier molecular flexibility index (Phi) is 8.24. The first kappa shape index (κ1) is 32.2. The lowest BCUT2D eigenvalue weighted by molar-refractivity contribution is -0.156. The van der Waals surface area contributed by atoms with Crippen molar-refractivity contribution in [1.29, 1.82) is 0 Å². The third-order valence-corrected chi connectivity index (χ3v) is 10.4. The molecular weight excluding hydrogens is 638 g/mol. The van der Waals surface area contributed by atoms with Crippen LogP contribution in [0.2, 0.25) is 0 Å². The maximum atomic E-state index is 14.5. The maximum Gasteiger partial charge on any atom is 0.311 e. The third kappa shape index (κ3) is 5.48. The number of allylic oxidation sites excluding steroid dienone is 2. The average molecular weight is 674 g/mol. The minimum atomic E-state index is -1.72. The monoisotopic (exact) mass is 673 g/mol. The number of esters is 1. The number of rotatable bonds is 9. The summed E-state index contributed by atoms with van der Waals surface area (Å²) >= 11 is 0. The Morgan fingerprint density at radius 2 is 1.43 bits per heavy atom. The lowest BCUT2D eigenvalue weighted by Crippen LogP contribution is -2.39. The van der Waals surface area contributed by atoms with Crippen molar-refractivity contribution in [1.82, 2.24) is 14.9 Å². The molecule has 5 unspecified atom stereocenters. The van der Waals surface area contributed by atoms with Gasteiger partial charge in [0.05, 0.1) is 29.6 Å². The second-order valence-electron chi connectivity index (χ2n) is 13.3. The Labute approximate surface area is 295 Å². The summed E-state index contributed by atoms with van der Waals surface area (Å²) in [5.41, 5.74) is 4.97. The fourth-order valence-electron chi connectivity index (χ4n) is 8.10. The van der Waals surface area contributed by atoms with E-state index in [-0.39, 0.29) is 6.42 Å². The normalized spacial score (nSPS) is 22.7. The molecule has 2 aromatic heterocycles. The van der Waals surface area contributed by atoms with E-state index < -0.39 is 53.8 Å². The average Bonchev–Trinajstić information content (AvgIpc) is 3.79. The number of amides is 2. The minimum absolute atomic E-state index is 0.0197. The Hall–Kier alpha value is -5.99. The molecule has 1 aliphatic heterocycles. The standard InChI is InChI=1S/C43H35N3O5/c1-27-18-20-28(21-19-27)24-35(47)51-26-46-41(48)38-31-25-32(43(50,30-14-6-3-7-15-30)34-17-9-11-23-45-34)39(40(38)42(46)49)37(31)36(29-12-4-2-5-13-29)33-16-8-10-22-44-33/h2-23,25,31,38-40,50H,24,26H2,1H3. The number of aryl methyl sites for hydroxylation is 1. The number of carbonyl (C=O) groups excluding carboxylic acids is 3. The molecule has 3 aliphatic rings. The first-order chi connectivity index (χ1) is 24.9. The number of fused-ring (bicyclic) bond motifs is 5. The molecule has 2 fully saturated rings. The van der Waals surface area contributed by atoms with Crippen LogP contribution in [0.5, 0.6) is 0 Å². The van der Waals surface area contributed by atoms with Gasteiger partial charge in [-0.3, -0.25) is 24.4 Å². The van der Waals surface area contributed by atoms with Crippen LogP contribution in [0, 0.1) is 30.6 Å². The van der Waals surface area contributed by atoms with E-state index >= 15 is 0 Å². The summed E-state index contributed by atoms with van der Waals surface area (Å²) in [6.07, 6.45) is 5.34. The van der Waals surface area contributed by atoms with Gasteiger partial charge in [-0.05, 0) is 59.0 Å². The number of benzene rings is 3. The van der Waals surface area contributed by atoms with Gasteiger partial charge in [-0.2, -0.15) is 0 Å². The van der Waals surface area contributed by atoms with E-state index in [4.69, 9.17) is 9.72 Å². The molecule has 1 N–H and O–H groups in total. The van der Waals surface area contributed by atoms with Crippen LogP contribution in [-0.2, 0) is 31.1 Å². The van der Waals surface area contributed by atoms with Crippen molar-refractivity contribution in [3.05, 3.63) is 185 Å². The quantitative estimate of drug-likeness (QED) is 0.115. The largest absolute Gasteiger partial charge is 0.443 e. The third-order valence-electron chi connectivity index (χ3n) is 10.4. The summed E-state index contributed by atoms with van der Waals surface area (Å²) in [7, 11) is 0. The van der Waals surface area contributed by atoms with Crippen molar-refractivity contribution in [2.24, 2.45) is 23.7 Å². The molecular formula is C43H35N3O5. The van der Waals surface area contributed by atoms with Crippen LogP contribution in [0.15, 0.2) is 151 Å². The smallest absolute Gasteiger partial charge is 0.311 e. The first-order valence-corrected chi connectivity index (χ1v) is 17.0. The number of aliphatic hydroxyl groups is 1. The van der Waals surface area contributed by atoms with E-state index in [1.165, 1.54) is 0 Å². The minimum Gasteiger partial charge on any atom is -0.443 e. The van der Waals surface area contributed by atoms with Crippen LogP contribution in [0.1, 0.15) is 33.6 Å². The van der Waals surface area contributed by atoms with Crippen molar-refractivity contribution >= 4 is 23.4 Å². The molecule has 8 rings (SSSR count). The van der Waals surface area contributed by atoms with Crippen molar-refractivity contribution in [3.8, 4) is 0 Å². The SMILES string of the molecule is Cc1ccc(CC(=O)OCN2C(=O)C3C4C=C(C(O)(c5ccccc5)c5ccccn5)C(C4=C(c4ccccc4)c4ccccn4)C3C2=O)cc1. The van der Waals surface area contributed by atoms with E-state index in [9.17, 15) is 19.5 Å². The van der Waals surface area contributed by atoms with E-state index in [1.54, 1.807) is 24.5 Å². The van der Waals surface area contributed by atoms with E-state index in [0.717, 1.165) is 32.7 Å². The highest BCUT2D eigenvalue weighted by atomic mass is 16.5. The zero-order chi connectivity index (χ0) is 35.1. The molecule has 2 bridgehead atoms. The number of nitrogens with zero attached hydrogens (tertiary/aromatic N) is 3. The molecule has 1 saturated carbocycles. The molecule has 8 heteroatoms. The predicted molar refractivity (Wildman–Crippen MR) is 190 cm³/mol. The molecule has 3 heterocycles. The summed E-state index contributed by atoms with van der Waals surface area (Å²) < 4.78 is 5.55. The van der Waals surface area contributed by atoms with Gasteiger partial charge in [0.25, 0.3) is 0 Å². The Morgan fingerprint density at radius 3 is 2.10 bits per heavy atom. The fraction of sp³-hybridized carbons (Fsp3) is 0.186. The van der Waals surface area contributed by atoms with Crippen molar-refractivity contribution in [2.45, 2.75) is 18.9 Å². The molecule has 0 spiro atoms. The molecule has 51 heavy (non-hydrogen) atoms. The van der Waals surface area contributed by atoms with Crippen LogP contribution < -0.4 is 0 Å². The van der Waals surface area contributed by atoms with Crippen molar-refractivity contribution in [2.75, 3.05) is 6.73 Å². The Balaban J connectivity index is 1.24. The molecule has 1 saturated heterocycles. The lowest BCUT2D eigenvalue weighted by atomic mass is 9.71. The van der Waals surface area contributed by atoms with Crippen LogP contribution in [-0.4, -0.2) is 44.5 Å². The zero-order valence-electron chi connectivity index (χ0n) is 27.9. The van der Waals surface area contributed by atoms with E-state index in [0.29, 0.717) is 22.5 Å². The van der Waals surface area contributed by atoms with Gasteiger partial charge in [-0.1, -0.05) is 109 Å². The van der Waals surface area contributed by atoms with Crippen LogP contribution in [0.3, 0.4) is 0 Å². The Morgan fingerprint density at radius 1 is 0.784 bits per heavy atom. The highest BCUT2D eigenvalue weighted by Gasteiger charge is 2.67. The molecule has 2 aliphatic carbocycles. The summed E-state index contributed by atoms with van der Waals surface area (Å²) in [4.78, 5) is 52.1. The number of hydrogen-bond acceptors (Lipinski definition) is 7. The molecule has 2 amide bonds. The number of aromatic nitrogens is 2. The topological polar surface area (TPSA) is 110 Å². The molecule has 5 atom stereocenters. The first-order valence-electron chi connectivity index (χ1n) is 17.0. The van der Waals surface area contributed by atoms with Gasteiger partial charge < -0.3 is 9.84 Å². The van der Waals surface area contributed by atoms with Crippen molar-refractivity contribution < 1.29 is 24.2 Å². The zero-order valence-corrected chi connectivity index (χ0v) is 27.9. The van der Waals surface area contributed by atoms with E-state index in [1.807, 2.05) is 122 Å². The lowest BCUT2D eigenvalue weighted by Gasteiger charge is -2.36. The van der Waals surface area contributed by atoms with Gasteiger partial charge >= 0.3 is 5.97 Å².